The second kappa shape index (κ2) is 12.1. The van der Waals surface area contributed by atoms with Gasteiger partial charge in [0.2, 0.25) is 16.0 Å². The van der Waals surface area contributed by atoms with Crippen molar-refractivity contribution in [3.63, 3.8) is 0 Å². The van der Waals surface area contributed by atoms with Gasteiger partial charge in [-0.05, 0) is 59.3 Å². The van der Waals surface area contributed by atoms with E-state index in [0.29, 0.717) is 23.4 Å². The van der Waals surface area contributed by atoms with Crippen LogP contribution in [-0.4, -0.2) is 42.8 Å². The summed E-state index contributed by atoms with van der Waals surface area (Å²) in [6.07, 6.45) is 5.91. The van der Waals surface area contributed by atoms with E-state index in [0.717, 1.165) is 16.1 Å². The monoisotopic (exact) mass is 561 g/mol. The minimum absolute atomic E-state index is 0.0283. The average Bonchev–Trinajstić information content (AvgIpc) is 2.78. The number of carboxylic acid groups (broad SMARTS) is 1. The number of carbonyl (C=O) groups is 1. The Hall–Kier alpha value is -2.81. The topological polar surface area (TPSA) is 100 Å². The maximum atomic E-state index is 13.8. The second-order valence-corrected chi connectivity index (χ2v) is 14.8. The summed E-state index contributed by atoms with van der Waals surface area (Å²) in [5.41, 5.74) is 2.16. The van der Waals surface area contributed by atoms with Gasteiger partial charge in [-0.15, -0.1) is 0 Å². The maximum Gasteiger partial charge on any atom is 0.303 e. The molecule has 2 atom stereocenters. The highest BCUT2D eigenvalue weighted by Crippen LogP contribution is 2.41. The van der Waals surface area contributed by atoms with Crippen molar-refractivity contribution in [1.29, 1.82) is 0 Å². The number of allylic oxidation sites excluding steroid dienone is 1. The average molecular weight is 562 g/mol. The van der Waals surface area contributed by atoms with E-state index in [-0.39, 0.29) is 46.8 Å². The van der Waals surface area contributed by atoms with Crippen LogP contribution in [0.5, 0.6) is 0 Å². The Morgan fingerprint density at radius 1 is 1.05 bits per heavy atom. The van der Waals surface area contributed by atoms with Crippen LogP contribution in [0.25, 0.3) is 17.3 Å². The Labute approximate surface area is 233 Å². The van der Waals surface area contributed by atoms with Crippen molar-refractivity contribution in [3.8, 4) is 11.3 Å². The first-order valence-electron chi connectivity index (χ1n) is 13.2. The summed E-state index contributed by atoms with van der Waals surface area (Å²) >= 11 is 0. The Morgan fingerprint density at radius 2 is 1.62 bits per heavy atom. The van der Waals surface area contributed by atoms with Gasteiger partial charge in [0, 0.05) is 24.6 Å². The van der Waals surface area contributed by atoms with Gasteiger partial charge in [0.05, 0.1) is 17.6 Å². The van der Waals surface area contributed by atoms with E-state index in [2.05, 4.69) is 57.6 Å². The van der Waals surface area contributed by atoms with Gasteiger partial charge in [-0.2, -0.15) is 0 Å². The van der Waals surface area contributed by atoms with Gasteiger partial charge in [-0.25, -0.2) is 27.1 Å². The van der Waals surface area contributed by atoms with Gasteiger partial charge in [0.25, 0.3) is 0 Å². The Kier molecular flexibility index (Phi) is 10.1. The van der Waals surface area contributed by atoms with E-state index in [1.54, 1.807) is 12.1 Å². The summed E-state index contributed by atoms with van der Waals surface area (Å²) in [4.78, 5) is 21.0. The number of anilines is 1. The van der Waals surface area contributed by atoms with E-state index in [1.807, 2.05) is 19.9 Å². The molecular formula is C30H44FN3O4S. The van der Waals surface area contributed by atoms with Crippen LogP contribution in [0.15, 0.2) is 30.3 Å². The first kappa shape index (κ1) is 32.4. The van der Waals surface area contributed by atoms with Crippen molar-refractivity contribution in [2.45, 2.75) is 74.1 Å². The van der Waals surface area contributed by atoms with Crippen LogP contribution in [-0.2, 0) is 14.8 Å². The maximum absolute atomic E-state index is 13.8. The van der Waals surface area contributed by atoms with Crippen molar-refractivity contribution in [2.75, 3.05) is 17.6 Å². The summed E-state index contributed by atoms with van der Waals surface area (Å²) in [5, 5.41) is 9.57. The van der Waals surface area contributed by atoms with Crippen LogP contribution in [0.2, 0.25) is 0 Å². The molecule has 9 heteroatoms. The fourth-order valence-electron chi connectivity index (χ4n) is 4.39. The number of sulfonamides is 1. The Balaban J connectivity index is 2.77. The van der Waals surface area contributed by atoms with Crippen LogP contribution in [0.4, 0.5) is 10.3 Å². The molecule has 0 spiro atoms. The third-order valence-corrected chi connectivity index (χ3v) is 8.36. The molecule has 0 amide bonds. The Bertz CT molecular complexity index is 1290. The van der Waals surface area contributed by atoms with Crippen molar-refractivity contribution in [1.82, 2.24) is 9.97 Å². The molecule has 1 N–H and O–H groups in total. The van der Waals surface area contributed by atoms with Crippen LogP contribution >= 0.6 is 0 Å². The summed E-state index contributed by atoms with van der Waals surface area (Å²) < 4.78 is 39.5. The summed E-state index contributed by atoms with van der Waals surface area (Å²) in [6, 6.07) is 5.93. The molecule has 7 nitrogen and oxygen atoms in total. The molecule has 216 valence electrons. The predicted octanol–water partition coefficient (Wildman–Crippen LogP) is 7.00. The van der Waals surface area contributed by atoms with E-state index in [9.17, 15) is 22.7 Å². The van der Waals surface area contributed by atoms with E-state index >= 15 is 0 Å². The van der Waals surface area contributed by atoms with Gasteiger partial charge >= 0.3 is 5.97 Å². The number of nitrogens with zero attached hydrogens (tertiary/aromatic N) is 3. The number of hydrogen-bond donors (Lipinski definition) is 1. The van der Waals surface area contributed by atoms with Crippen molar-refractivity contribution < 1.29 is 22.7 Å². The minimum atomic E-state index is -3.62. The summed E-state index contributed by atoms with van der Waals surface area (Å²) in [7, 11) is -2.21. The van der Waals surface area contributed by atoms with Gasteiger partial charge < -0.3 is 5.11 Å². The third-order valence-electron chi connectivity index (χ3n) is 7.20. The molecule has 0 saturated carbocycles. The molecule has 0 aliphatic carbocycles. The lowest BCUT2D eigenvalue weighted by Gasteiger charge is -2.37. The van der Waals surface area contributed by atoms with Crippen LogP contribution < -0.4 is 4.31 Å². The molecule has 2 rings (SSSR count). The molecule has 0 radical (unpaired) electrons. The molecule has 2 unspecified atom stereocenters. The van der Waals surface area contributed by atoms with Crippen molar-refractivity contribution in [2.24, 2.45) is 22.7 Å². The molecule has 0 aliphatic heterocycles. The lowest BCUT2D eigenvalue weighted by molar-refractivity contribution is -0.139. The molecule has 2 aromatic rings. The van der Waals surface area contributed by atoms with E-state index < -0.39 is 16.0 Å². The van der Waals surface area contributed by atoms with Gasteiger partial charge in [-0.3, -0.25) is 4.79 Å². The fourth-order valence-corrected chi connectivity index (χ4v) is 4.77. The zero-order chi connectivity index (χ0) is 29.9. The molecule has 0 bridgehead atoms. The lowest BCUT2D eigenvalue weighted by atomic mass is 9.68. The SMILES string of the molecule is CC(C)c1nc(N(C)S(C)(=O)=O)nc(-c2ccc(F)cc2)c1/C=C/C(CC(CC(=O)O)C(C)(C)C)C(C)(C)C. The number of halogens is 1. The molecule has 0 saturated heterocycles. The zero-order valence-electron chi connectivity index (χ0n) is 24.9. The highest BCUT2D eigenvalue weighted by Gasteiger charge is 2.33. The summed E-state index contributed by atoms with van der Waals surface area (Å²) in [6.45, 7) is 16.5. The zero-order valence-corrected chi connectivity index (χ0v) is 25.7. The largest absolute Gasteiger partial charge is 0.481 e. The minimum Gasteiger partial charge on any atom is -0.481 e. The fraction of sp³-hybridized carbons (Fsp3) is 0.567. The van der Waals surface area contributed by atoms with Gasteiger partial charge in [0.1, 0.15) is 5.82 Å². The normalized spacial score (nSPS) is 14.6. The number of carboxylic acids is 1. The first-order valence-corrected chi connectivity index (χ1v) is 15.1. The highest BCUT2D eigenvalue weighted by molar-refractivity contribution is 7.92. The van der Waals surface area contributed by atoms with Crippen LogP contribution in [0.3, 0.4) is 0 Å². The lowest BCUT2D eigenvalue weighted by Crippen LogP contribution is -2.29. The predicted molar refractivity (Wildman–Crippen MR) is 157 cm³/mol. The van der Waals surface area contributed by atoms with Gasteiger partial charge in [0.15, 0.2) is 0 Å². The molecule has 0 aliphatic rings. The quantitative estimate of drug-likeness (QED) is 0.335. The molecule has 1 heterocycles. The van der Waals surface area contributed by atoms with E-state index in [4.69, 9.17) is 0 Å². The smallest absolute Gasteiger partial charge is 0.303 e. The van der Waals surface area contributed by atoms with Crippen LogP contribution in [0, 0.1) is 28.5 Å². The number of benzene rings is 1. The standard InChI is InChI=1S/C30H44FN3O4S/c1-19(2)26-24(16-13-21(29(3,4)5)17-22(18-25(35)36)30(6,7)8)27(20-11-14-23(31)15-12-20)33-28(32-26)34(9)39(10,37)38/h11-16,19,21-22H,17-18H2,1-10H3,(H,35,36)/b16-13+. The number of aromatic nitrogens is 2. The molecule has 0 fully saturated rings. The van der Waals surface area contributed by atoms with Crippen LogP contribution in [0.1, 0.15) is 85.4 Å². The molecule has 1 aromatic heterocycles. The Morgan fingerprint density at radius 3 is 2.05 bits per heavy atom. The number of hydrogen-bond acceptors (Lipinski definition) is 5. The molecule has 39 heavy (non-hydrogen) atoms. The first-order chi connectivity index (χ1) is 17.7. The highest BCUT2D eigenvalue weighted by atomic mass is 32.2. The number of rotatable bonds is 10. The van der Waals surface area contributed by atoms with Crippen molar-refractivity contribution >= 4 is 28.0 Å². The molecular weight excluding hydrogens is 517 g/mol. The van der Waals surface area contributed by atoms with E-state index in [1.165, 1.54) is 19.2 Å². The summed E-state index contributed by atoms with van der Waals surface area (Å²) in [5.74, 6) is -1.25. The van der Waals surface area contributed by atoms with Gasteiger partial charge in [-0.1, -0.05) is 67.5 Å². The molecule has 1 aromatic carbocycles. The third kappa shape index (κ3) is 8.85. The second-order valence-electron chi connectivity index (χ2n) is 12.8. The number of aliphatic carboxylic acids is 1. The van der Waals surface area contributed by atoms with Crippen molar-refractivity contribution in [3.05, 3.63) is 47.4 Å².